The summed E-state index contributed by atoms with van der Waals surface area (Å²) in [6.45, 7) is 2.34. The van der Waals surface area contributed by atoms with E-state index in [2.05, 4.69) is 10.6 Å². The molecular weight excluding hydrogens is 477 g/mol. The van der Waals surface area contributed by atoms with Gasteiger partial charge in [0.2, 0.25) is 0 Å². The number of carbonyl (C=O) groups is 3. The Kier molecular flexibility index (Phi) is 6.43. The van der Waals surface area contributed by atoms with Crippen LogP contribution in [0.25, 0.3) is 0 Å². The van der Waals surface area contributed by atoms with E-state index in [0.29, 0.717) is 38.5 Å². The summed E-state index contributed by atoms with van der Waals surface area (Å²) < 4.78 is 75.7. The van der Waals surface area contributed by atoms with E-state index in [-0.39, 0.29) is 24.3 Å². The molecule has 0 radical (unpaired) electrons. The molecule has 0 spiro atoms. The molecule has 2 aliphatic heterocycles. The molecule has 12 heteroatoms. The number of aromatic nitrogens is 1. The summed E-state index contributed by atoms with van der Waals surface area (Å²) >= 11 is 0. The largest absolute Gasteiger partial charge is 0.419 e. The smallest absolute Gasteiger partial charge is 0.381 e. The molecule has 2 N–H and O–H groups in total. The maximum atomic E-state index is 14.2. The third-order valence-electron chi connectivity index (χ3n) is 6.29. The zero-order chi connectivity index (χ0) is 25.5. The molecule has 1 saturated heterocycles. The molecule has 0 atom stereocenters. The van der Waals surface area contributed by atoms with Crippen molar-refractivity contribution in [2.75, 3.05) is 18.5 Å². The van der Waals surface area contributed by atoms with Crippen LogP contribution < -0.4 is 10.6 Å². The highest BCUT2D eigenvalue weighted by atomic mass is 19.4. The SMILES string of the molecule is CC1(NC(=O)C(=O)c2c(C(F)(F)F)c(C(=O)Nc3ccc(F)c(F)c3)c3n2CCC3)CCOCC1. The van der Waals surface area contributed by atoms with Crippen LogP contribution in [0.1, 0.15) is 58.3 Å². The topological polar surface area (TPSA) is 89.4 Å². The van der Waals surface area contributed by atoms with Gasteiger partial charge in [0, 0.05) is 42.7 Å². The van der Waals surface area contributed by atoms with E-state index >= 15 is 0 Å². The number of nitrogens with one attached hydrogen (secondary N) is 2. The first-order chi connectivity index (χ1) is 16.4. The molecule has 2 aliphatic rings. The molecule has 0 bridgehead atoms. The predicted molar refractivity (Wildman–Crippen MR) is 113 cm³/mol. The molecule has 2 aromatic rings. The number of fused-ring (bicyclic) bond motifs is 1. The lowest BCUT2D eigenvalue weighted by atomic mass is 9.92. The van der Waals surface area contributed by atoms with Gasteiger partial charge in [-0.1, -0.05) is 0 Å². The van der Waals surface area contributed by atoms with E-state index in [9.17, 15) is 36.3 Å². The number of hydrogen-bond acceptors (Lipinski definition) is 4. The lowest BCUT2D eigenvalue weighted by molar-refractivity contribution is -0.138. The molecule has 4 rings (SSSR count). The zero-order valence-corrected chi connectivity index (χ0v) is 18.7. The minimum atomic E-state index is -5.15. The molecule has 0 aliphatic carbocycles. The van der Waals surface area contributed by atoms with Crippen LogP contribution in [-0.2, 0) is 28.7 Å². The molecule has 188 valence electrons. The van der Waals surface area contributed by atoms with Crippen molar-refractivity contribution in [2.45, 2.75) is 50.9 Å². The van der Waals surface area contributed by atoms with Crippen LogP contribution >= 0.6 is 0 Å². The maximum absolute atomic E-state index is 14.2. The normalized spacial score (nSPS) is 17.1. The van der Waals surface area contributed by atoms with Crippen LogP contribution in [0.4, 0.5) is 27.6 Å². The number of halogens is 5. The van der Waals surface area contributed by atoms with E-state index in [0.717, 1.165) is 16.7 Å². The van der Waals surface area contributed by atoms with E-state index in [4.69, 9.17) is 4.74 Å². The van der Waals surface area contributed by atoms with Crippen molar-refractivity contribution < 1.29 is 41.1 Å². The van der Waals surface area contributed by atoms with Gasteiger partial charge in [-0.05, 0) is 44.7 Å². The molecule has 3 heterocycles. The van der Waals surface area contributed by atoms with Gasteiger partial charge in [-0.3, -0.25) is 14.4 Å². The van der Waals surface area contributed by atoms with E-state index in [1.165, 1.54) is 0 Å². The Bertz CT molecular complexity index is 1200. The predicted octanol–water partition coefficient (Wildman–Crippen LogP) is 3.85. The number of ketones is 1. The maximum Gasteiger partial charge on any atom is 0.419 e. The second kappa shape index (κ2) is 9.06. The summed E-state index contributed by atoms with van der Waals surface area (Å²) in [5, 5.41) is 4.66. The number of amides is 2. The van der Waals surface area contributed by atoms with Crippen molar-refractivity contribution in [1.82, 2.24) is 9.88 Å². The first kappa shape index (κ1) is 24.8. The van der Waals surface area contributed by atoms with Gasteiger partial charge in [0.05, 0.1) is 11.1 Å². The van der Waals surface area contributed by atoms with Crippen LogP contribution in [0.15, 0.2) is 18.2 Å². The van der Waals surface area contributed by atoms with Crippen LogP contribution in [0, 0.1) is 11.6 Å². The molecule has 1 aromatic carbocycles. The third kappa shape index (κ3) is 4.79. The molecule has 1 aromatic heterocycles. The molecule has 35 heavy (non-hydrogen) atoms. The Balaban J connectivity index is 1.73. The fraction of sp³-hybridized carbons (Fsp3) is 0.435. The number of carbonyl (C=O) groups excluding carboxylic acids is 3. The first-order valence-corrected chi connectivity index (χ1v) is 10.9. The van der Waals surface area contributed by atoms with Crippen LogP contribution in [0.5, 0.6) is 0 Å². The third-order valence-corrected chi connectivity index (χ3v) is 6.29. The average molecular weight is 499 g/mol. The number of anilines is 1. The average Bonchev–Trinajstić information content (AvgIpc) is 3.36. The van der Waals surface area contributed by atoms with Crippen LogP contribution in [0.3, 0.4) is 0 Å². The Morgan fingerprint density at radius 1 is 1.09 bits per heavy atom. The monoisotopic (exact) mass is 499 g/mol. The lowest BCUT2D eigenvalue weighted by Gasteiger charge is -2.34. The Hall–Kier alpha value is -3.28. The van der Waals surface area contributed by atoms with Crippen molar-refractivity contribution in [3.8, 4) is 0 Å². The molecule has 0 unspecified atom stereocenters. The second-order valence-corrected chi connectivity index (χ2v) is 8.84. The Labute approximate surface area is 196 Å². The van der Waals surface area contributed by atoms with Crippen molar-refractivity contribution in [2.24, 2.45) is 0 Å². The summed E-state index contributed by atoms with van der Waals surface area (Å²) in [6.07, 6.45) is -3.96. The molecule has 7 nitrogen and oxygen atoms in total. The molecule has 0 saturated carbocycles. The number of hydrogen-bond donors (Lipinski definition) is 2. The van der Waals surface area contributed by atoms with Crippen molar-refractivity contribution >= 4 is 23.3 Å². The number of rotatable bonds is 5. The summed E-state index contributed by atoms with van der Waals surface area (Å²) in [5.74, 6) is -6.35. The summed E-state index contributed by atoms with van der Waals surface area (Å²) in [6, 6.07) is 2.34. The van der Waals surface area contributed by atoms with Gasteiger partial charge < -0.3 is 19.9 Å². The Morgan fingerprint density at radius 3 is 2.40 bits per heavy atom. The standard InChI is InChI=1S/C23H22F5N3O4/c1-22(6-9-35-10-7-22)30-21(34)19(32)18-17(23(26,27)28)16(15-3-2-8-31(15)18)20(33)29-12-4-5-13(24)14(25)11-12/h4-5,11H,2-3,6-10H2,1H3,(H,29,33)(H,30,34). The van der Waals surface area contributed by atoms with Crippen molar-refractivity contribution in [1.29, 1.82) is 0 Å². The van der Waals surface area contributed by atoms with Crippen LogP contribution in [-0.4, -0.2) is 40.9 Å². The van der Waals surface area contributed by atoms with Gasteiger partial charge in [-0.15, -0.1) is 0 Å². The number of benzene rings is 1. The van der Waals surface area contributed by atoms with Gasteiger partial charge in [0.1, 0.15) is 5.69 Å². The molecule has 2 amide bonds. The highest BCUT2D eigenvalue weighted by molar-refractivity contribution is 6.43. The highest BCUT2D eigenvalue weighted by Crippen LogP contribution is 2.41. The van der Waals surface area contributed by atoms with Gasteiger partial charge in [0.15, 0.2) is 11.6 Å². The number of nitrogens with zero attached hydrogens (tertiary/aromatic N) is 1. The van der Waals surface area contributed by atoms with E-state index < -0.39 is 57.8 Å². The quantitative estimate of drug-likeness (QED) is 0.372. The summed E-state index contributed by atoms with van der Waals surface area (Å²) in [5.41, 5.74) is -4.38. The van der Waals surface area contributed by atoms with Crippen molar-refractivity contribution in [3.05, 3.63) is 52.3 Å². The lowest BCUT2D eigenvalue weighted by Crippen LogP contribution is -2.52. The second-order valence-electron chi connectivity index (χ2n) is 8.84. The fourth-order valence-corrected chi connectivity index (χ4v) is 4.49. The fourth-order valence-electron chi connectivity index (χ4n) is 4.49. The number of ether oxygens (including phenoxy) is 1. The molecule has 1 fully saturated rings. The zero-order valence-electron chi connectivity index (χ0n) is 18.7. The van der Waals surface area contributed by atoms with E-state index in [1.807, 2.05) is 0 Å². The van der Waals surface area contributed by atoms with Crippen molar-refractivity contribution in [3.63, 3.8) is 0 Å². The Morgan fingerprint density at radius 2 is 1.77 bits per heavy atom. The van der Waals surface area contributed by atoms with Gasteiger partial charge in [-0.25, -0.2) is 8.78 Å². The first-order valence-electron chi connectivity index (χ1n) is 10.9. The number of alkyl halides is 3. The van der Waals surface area contributed by atoms with E-state index in [1.54, 1.807) is 6.92 Å². The highest BCUT2D eigenvalue weighted by Gasteiger charge is 2.47. The van der Waals surface area contributed by atoms with Crippen LogP contribution in [0.2, 0.25) is 0 Å². The number of Topliss-reactive ketones (excluding diaryl/α,β-unsaturated/α-hetero) is 1. The molecular formula is C23H22F5N3O4. The van der Waals surface area contributed by atoms with Gasteiger partial charge in [-0.2, -0.15) is 13.2 Å². The van der Waals surface area contributed by atoms with Gasteiger partial charge >= 0.3 is 6.18 Å². The minimum absolute atomic E-state index is 0.0102. The summed E-state index contributed by atoms with van der Waals surface area (Å²) in [4.78, 5) is 38.8. The minimum Gasteiger partial charge on any atom is -0.381 e. The van der Waals surface area contributed by atoms with Gasteiger partial charge in [0.25, 0.3) is 17.6 Å². The summed E-state index contributed by atoms with van der Waals surface area (Å²) in [7, 11) is 0.